The zero-order chi connectivity index (χ0) is 19.7. The highest BCUT2D eigenvalue weighted by atomic mass is 19.4. The van der Waals surface area contributed by atoms with Crippen molar-refractivity contribution in [2.45, 2.75) is 6.18 Å². The second-order valence-electron chi connectivity index (χ2n) is 5.98. The molecular weight excluding hydrogens is 371 g/mol. The molecule has 4 N–H and O–H groups in total. The number of nitrogens with two attached hydrogens (primary N) is 1. The summed E-state index contributed by atoms with van der Waals surface area (Å²) in [7, 11) is 0. The van der Waals surface area contributed by atoms with Gasteiger partial charge in [0, 0.05) is 23.1 Å². The SMILES string of the molecule is NOc1cc(Nc2n[nH]c3ccccc23)nc(-c2ccccc2C(F)(F)F)c1. The number of alkyl halides is 3. The van der Waals surface area contributed by atoms with E-state index in [1.807, 2.05) is 24.3 Å². The number of nitrogens with one attached hydrogen (secondary N) is 2. The molecule has 0 aliphatic carbocycles. The maximum Gasteiger partial charge on any atom is 0.417 e. The van der Waals surface area contributed by atoms with Crippen LogP contribution in [-0.2, 0) is 6.18 Å². The van der Waals surface area contributed by atoms with Crippen molar-refractivity contribution in [1.82, 2.24) is 15.2 Å². The molecular formula is C19H14F3N5O. The van der Waals surface area contributed by atoms with Crippen LogP contribution < -0.4 is 16.1 Å². The maximum absolute atomic E-state index is 13.4. The first-order chi connectivity index (χ1) is 13.5. The summed E-state index contributed by atoms with van der Waals surface area (Å²) in [6.07, 6.45) is -4.52. The van der Waals surface area contributed by atoms with Crippen molar-refractivity contribution >= 4 is 22.5 Å². The smallest absolute Gasteiger partial charge is 0.411 e. The molecule has 4 rings (SSSR count). The van der Waals surface area contributed by atoms with Crippen LogP contribution in [0.15, 0.2) is 60.7 Å². The molecule has 0 saturated carbocycles. The van der Waals surface area contributed by atoms with E-state index < -0.39 is 11.7 Å². The molecule has 4 aromatic rings. The van der Waals surface area contributed by atoms with Gasteiger partial charge in [-0.3, -0.25) is 5.10 Å². The van der Waals surface area contributed by atoms with Crippen LogP contribution in [0, 0.1) is 0 Å². The van der Waals surface area contributed by atoms with Gasteiger partial charge in [0.25, 0.3) is 0 Å². The Morgan fingerprint density at radius 2 is 1.75 bits per heavy atom. The van der Waals surface area contributed by atoms with E-state index in [0.29, 0.717) is 5.82 Å². The van der Waals surface area contributed by atoms with E-state index in [4.69, 9.17) is 10.7 Å². The van der Waals surface area contributed by atoms with Gasteiger partial charge in [-0.15, -0.1) is 0 Å². The lowest BCUT2D eigenvalue weighted by molar-refractivity contribution is -0.137. The lowest BCUT2D eigenvalue weighted by Gasteiger charge is -2.14. The standard InChI is InChI=1S/C19H14F3N5O/c20-19(21,22)14-7-3-1-5-12(14)16-9-11(28-23)10-17(24-16)25-18-13-6-2-4-8-15(13)26-27-18/h1-10H,23H2,(H2,24,25,26,27). The number of H-pyrrole nitrogens is 1. The van der Waals surface area contributed by atoms with Crippen LogP contribution in [0.1, 0.15) is 5.56 Å². The number of anilines is 2. The number of halogens is 3. The number of aromatic nitrogens is 3. The van der Waals surface area contributed by atoms with Gasteiger partial charge in [-0.05, 0) is 18.2 Å². The number of benzene rings is 2. The third kappa shape index (κ3) is 3.35. The molecule has 6 nitrogen and oxygen atoms in total. The number of fused-ring (bicyclic) bond motifs is 1. The number of pyridine rings is 1. The highest BCUT2D eigenvalue weighted by Crippen LogP contribution is 2.38. The van der Waals surface area contributed by atoms with Crippen molar-refractivity contribution in [2.24, 2.45) is 5.90 Å². The lowest BCUT2D eigenvalue weighted by atomic mass is 10.0. The van der Waals surface area contributed by atoms with E-state index in [-0.39, 0.29) is 22.8 Å². The van der Waals surface area contributed by atoms with Gasteiger partial charge >= 0.3 is 6.18 Å². The van der Waals surface area contributed by atoms with Gasteiger partial charge in [0.05, 0.1) is 16.8 Å². The molecule has 0 spiro atoms. The van der Waals surface area contributed by atoms with Gasteiger partial charge in [-0.1, -0.05) is 30.3 Å². The van der Waals surface area contributed by atoms with Crippen LogP contribution in [0.5, 0.6) is 5.75 Å². The molecule has 0 bridgehead atoms. The first-order valence-electron chi connectivity index (χ1n) is 8.21. The van der Waals surface area contributed by atoms with E-state index in [0.717, 1.165) is 17.0 Å². The summed E-state index contributed by atoms with van der Waals surface area (Å²) in [4.78, 5) is 9.07. The molecule has 0 atom stereocenters. The Morgan fingerprint density at radius 3 is 2.54 bits per heavy atom. The van der Waals surface area contributed by atoms with Gasteiger partial charge in [0.2, 0.25) is 0 Å². The third-order valence-corrected chi connectivity index (χ3v) is 4.16. The monoisotopic (exact) mass is 385 g/mol. The fourth-order valence-corrected chi connectivity index (χ4v) is 2.91. The molecule has 0 fully saturated rings. The van der Waals surface area contributed by atoms with Crippen molar-refractivity contribution in [1.29, 1.82) is 0 Å². The van der Waals surface area contributed by atoms with Crippen molar-refractivity contribution in [3.63, 3.8) is 0 Å². The Labute approximate surface area is 157 Å². The Balaban J connectivity index is 1.80. The molecule has 0 amide bonds. The molecule has 2 aromatic carbocycles. The van der Waals surface area contributed by atoms with Crippen LogP contribution >= 0.6 is 0 Å². The van der Waals surface area contributed by atoms with Crippen LogP contribution in [0.25, 0.3) is 22.2 Å². The number of rotatable bonds is 4. The highest BCUT2D eigenvalue weighted by molar-refractivity contribution is 5.91. The van der Waals surface area contributed by atoms with E-state index in [9.17, 15) is 13.2 Å². The van der Waals surface area contributed by atoms with Crippen molar-refractivity contribution in [2.75, 3.05) is 5.32 Å². The predicted octanol–water partition coefficient (Wildman–Crippen LogP) is 4.64. The molecule has 0 aliphatic rings. The summed E-state index contributed by atoms with van der Waals surface area (Å²) >= 11 is 0. The van der Waals surface area contributed by atoms with Gasteiger partial charge in [0.15, 0.2) is 11.6 Å². The van der Waals surface area contributed by atoms with Crippen LogP contribution in [0.2, 0.25) is 0 Å². The number of hydrogen-bond donors (Lipinski definition) is 3. The minimum Gasteiger partial charge on any atom is -0.411 e. The summed E-state index contributed by atoms with van der Waals surface area (Å²) < 4.78 is 40.1. The minimum atomic E-state index is -4.52. The molecule has 0 unspecified atom stereocenters. The second-order valence-corrected chi connectivity index (χ2v) is 5.98. The van der Waals surface area contributed by atoms with Crippen LogP contribution in [-0.4, -0.2) is 15.2 Å². The molecule has 2 heterocycles. The second kappa shape index (κ2) is 6.86. The van der Waals surface area contributed by atoms with E-state index in [2.05, 4.69) is 20.5 Å². The summed E-state index contributed by atoms with van der Waals surface area (Å²) in [6, 6.07) is 15.4. The Hall–Kier alpha value is -3.59. The minimum absolute atomic E-state index is 0.0678. The Morgan fingerprint density at radius 1 is 1.00 bits per heavy atom. The normalized spacial score (nSPS) is 11.6. The van der Waals surface area contributed by atoms with Crippen molar-refractivity contribution in [3.05, 3.63) is 66.2 Å². The quantitative estimate of drug-likeness (QED) is 0.446. The fourth-order valence-electron chi connectivity index (χ4n) is 2.91. The maximum atomic E-state index is 13.4. The fraction of sp³-hybridized carbons (Fsp3) is 0.0526. The van der Waals surface area contributed by atoms with Gasteiger partial charge in [-0.25, -0.2) is 4.98 Å². The number of para-hydroxylation sites is 1. The first kappa shape index (κ1) is 17.8. The average molecular weight is 385 g/mol. The molecule has 28 heavy (non-hydrogen) atoms. The largest absolute Gasteiger partial charge is 0.417 e. The summed E-state index contributed by atoms with van der Waals surface area (Å²) in [5, 5.41) is 10.9. The van der Waals surface area contributed by atoms with Crippen molar-refractivity contribution < 1.29 is 18.0 Å². The molecule has 2 aromatic heterocycles. The first-order valence-corrected chi connectivity index (χ1v) is 8.21. The topological polar surface area (TPSA) is 88.9 Å². The lowest BCUT2D eigenvalue weighted by Crippen LogP contribution is -2.08. The molecule has 0 radical (unpaired) electrons. The predicted molar refractivity (Wildman–Crippen MR) is 98.9 cm³/mol. The van der Waals surface area contributed by atoms with E-state index >= 15 is 0 Å². The zero-order valence-corrected chi connectivity index (χ0v) is 14.3. The van der Waals surface area contributed by atoms with Crippen LogP contribution in [0.3, 0.4) is 0 Å². The molecule has 9 heteroatoms. The van der Waals surface area contributed by atoms with Crippen molar-refractivity contribution in [3.8, 4) is 17.0 Å². The van der Waals surface area contributed by atoms with Crippen LogP contribution in [0.4, 0.5) is 24.8 Å². The van der Waals surface area contributed by atoms with Gasteiger partial charge in [-0.2, -0.15) is 24.2 Å². The Bertz CT molecular complexity index is 1140. The molecule has 0 aliphatic heterocycles. The summed E-state index contributed by atoms with van der Waals surface area (Å²) in [5.41, 5.74) is -0.00578. The third-order valence-electron chi connectivity index (χ3n) is 4.16. The van der Waals surface area contributed by atoms with E-state index in [1.165, 1.54) is 30.3 Å². The molecule has 142 valence electrons. The summed E-state index contributed by atoms with van der Waals surface area (Å²) in [6.45, 7) is 0. The van der Waals surface area contributed by atoms with E-state index in [1.54, 1.807) is 0 Å². The van der Waals surface area contributed by atoms with Gasteiger partial charge in [0.1, 0.15) is 5.82 Å². The zero-order valence-electron chi connectivity index (χ0n) is 14.3. The highest BCUT2D eigenvalue weighted by Gasteiger charge is 2.33. The Kier molecular flexibility index (Phi) is 4.36. The summed E-state index contributed by atoms with van der Waals surface area (Å²) in [5.74, 6) is 6.13. The number of nitrogens with zero attached hydrogens (tertiary/aromatic N) is 2. The van der Waals surface area contributed by atoms with Gasteiger partial charge < -0.3 is 10.2 Å². The number of aromatic amines is 1. The number of hydrogen-bond acceptors (Lipinski definition) is 5. The average Bonchev–Trinajstić information content (AvgIpc) is 3.10. The molecule has 0 saturated heterocycles.